The second kappa shape index (κ2) is 8.02. The average Bonchev–Trinajstić information content (AvgIpc) is 2.35. The summed E-state index contributed by atoms with van der Waals surface area (Å²) in [4.78, 5) is 13.6. The van der Waals surface area contributed by atoms with Crippen LogP contribution < -0.4 is 0 Å². The molecule has 1 radical (unpaired) electrons. The Kier molecular flexibility index (Phi) is 6.94. The van der Waals surface area contributed by atoms with Gasteiger partial charge in [-0.2, -0.15) is 0 Å². The molecule has 0 fully saturated rings. The molecule has 1 aliphatic heterocycles. The van der Waals surface area contributed by atoms with E-state index in [2.05, 4.69) is 0 Å². The van der Waals surface area contributed by atoms with Crippen molar-refractivity contribution < 1.29 is 18.9 Å². The lowest BCUT2D eigenvalue weighted by atomic mass is 9.83. The van der Waals surface area contributed by atoms with Gasteiger partial charge >= 0.3 is 13.6 Å². The van der Waals surface area contributed by atoms with Crippen molar-refractivity contribution in [2.24, 2.45) is 0 Å². The Balaban J connectivity index is 2.23. The number of rotatable bonds is 5. The molecule has 0 atom stereocenters. The van der Waals surface area contributed by atoms with Crippen molar-refractivity contribution in [2.75, 3.05) is 26.3 Å². The van der Waals surface area contributed by atoms with Crippen LogP contribution in [-0.2, 0) is 14.1 Å². The van der Waals surface area contributed by atoms with Crippen molar-refractivity contribution in [1.82, 2.24) is 4.90 Å². The third kappa shape index (κ3) is 8.44. The minimum Gasteiger partial charge on any atom is -0.444 e. The van der Waals surface area contributed by atoms with E-state index in [4.69, 9.17) is 14.1 Å². The summed E-state index contributed by atoms with van der Waals surface area (Å²) in [5, 5.41) is 0. The molecule has 5 nitrogen and oxygen atoms in total. The van der Waals surface area contributed by atoms with Crippen LogP contribution in [0.1, 0.15) is 48.0 Å². The third-order valence-corrected chi connectivity index (χ3v) is 2.87. The summed E-state index contributed by atoms with van der Waals surface area (Å²) in [5.41, 5.74) is 0.514. The standard InChI is InChI=1S/C16H29BNO4/c1-15(2,3)20-11-12-21-17-13-7-9-18(10-8-13)14(19)22-16(4,5)6/h7H,8-12H2,1-6H3. The minimum atomic E-state index is -0.455. The fourth-order valence-electron chi connectivity index (χ4n) is 1.85. The second-order valence-electron chi connectivity index (χ2n) is 7.40. The number of carbonyl (C=O) groups is 1. The molecule has 0 aliphatic carbocycles. The highest BCUT2D eigenvalue weighted by Gasteiger charge is 2.23. The topological polar surface area (TPSA) is 48.0 Å². The number of nitrogens with zero attached hydrogens (tertiary/aromatic N) is 1. The molecule has 0 N–H and O–H groups in total. The van der Waals surface area contributed by atoms with Gasteiger partial charge in [-0.1, -0.05) is 11.5 Å². The van der Waals surface area contributed by atoms with E-state index < -0.39 is 5.60 Å². The number of hydrogen-bond donors (Lipinski definition) is 0. The lowest BCUT2D eigenvalue weighted by molar-refractivity contribution is -0.0159. The molecule has 1 rings (SSSR count). The zero-order chi connectivity index (χ0) is 16.8. The van der Waals surface area contributed by atoms with Gasteiger partial charge in [0.25, 0.3) is 0 Å². The van der Waals surface area contributed by atoms with Crippen molar-refractivity contribution >= 4 is 13.6 Å². The summed E-state index contributed by atoms with van der Waals surface area (Å²) in [6.07, 6.45) is 2.51. The molecule has 0 bridgehead atoms. The van der Waals surface area contributed by atoms with Gasteiger partial charge in [-0.25, -0.2) is 4.79 Å². The number of ether oxygens (including phenoxy) is 2. The first kappa shape index (κ1) is 19.0. The molecular weight excluding hydrogens is 281 g/mol. The van der Waals surface area contributed by atoms with Crippen LogP contribution in [0.25, 0.3) is 0 Å². The third-order valence-electron chi connectivity index (χ3n) is 2.87. The molecule has 0 aromatic heterocycles. The summed E-state index contributed by atoms with van der Waals surface area (Å²) < 4.78 is 16.4. The van der Waals surface area contributed by atoms with Gasteiger partial charge in [0, 0.05) is 13.1 Å². The summed E-state index contributed by atoms with van der Waals surface area (Å²) in [5.74, 6) is 0. The van der Waals surface area contributed by atoms with Gasteiger partial charge in [0.15, 0.2) is 0 Å². The van der Waals surface area contributed by atoms with Crippen molar-refractivity contribution in [3.05, 3.63) is 11.5 Å². The molecule has 0 spiro atoms. The average molecular weight is 310 g/mol. The van der Waals surface area contributed by atoms with E-state index >= 15 is 0 Å². The smallest absolute Gasteiger partial charge is 0.410 e. The molecule has 1 aliphatic rings. The summed E-state index contributed by atoms with van der Waals surface area (Å²) in [7, 11) is 1.76. The minimum absolute atomic E-state index is 0.138. The molecule has 0 unspecified atom stereocenters. The van der Waals surface area contributed by atoms with Gasteiger partial charge in [0.2, 0.25) is 0 Å². The highest BCUT2D eigenvalue weighted by atomic mass is 16.6. The zero-order valence-corrected chi connectivity index (χ0v) is 14.8. The van der Waals surface area contributed by atoms with Crippen LogP contribution in [0, 0.1) is 0 Å². The van der Waals surface area contributed by atoms with E-state index in [0.717, 1.165) is 11.9 Å². The Labute approximate surface area is 135 Å². The summed E-state index contributed by atoms with van der Waals surface area (Å²) in [6, 6.07) is 0. The predicted molar refractivity (Wildman–Crippen MR) is 87.9 cm³/mol. The van der Waals surface area contributed by atoms with Crippen molar-refractivity contribution in [2.45, 2.75) is 59.2 Å². The van der Waals surface area contributed by atoms with E-state index in [0.29, 0.717) is 26.3 Å². The Bertz CT molecular complexity index is 396. The maximum absolute atomic E-state index is 11.9. The maximum Gasteiger partial charge on any atom is 0.410 e. The first-order chi connectivity index (χ1) is 10.1. The van der Waals surface area contributed by atoms with E-state index in [1.807, 2.05) is 47.6 Å². The van der Waals surface area contributed by atoms with Crippen LogP contribution in [-0.4, -0.2) is 56.0 Å². The van der Waals surface area contributed by atoms with Crippen LogP contribution in [0.4, 0.5) is 4.79 Å². The summed E-state index contributed by atoms with van der Waals surface area (Å²) in [6.45, 7) is 14.0. The molecule has 0 aromatic rings. The van der Waals surface area contributed by atoms with Crippen LogP contribution >= 0.6 is 0 Å². The molecule has 1 amide bonds. The van der Waals surface area contributed by atoms with Gasteiger partial charge in [-0.3, -0.25) is 0 Å². The van der Waals surface area contributed by atoms with E-state index in [1.165, 1.54) is 0 Å². The Hall–Kier alpha value is -1.01. The van der Waals surface area contributed by atoms with E-state index in [9.17, 15) is 4.79 Å². The maximum atomic E-state index is 11.9. The molecule has 22 heavy (non-hydrogen) atoms. The predicted octanol–water partition coefficient (Wildman–Crippen LogP) is 2.96. The first-order valence-electron chi connectivity index (χ1n) is 7.82. The second-order valence-corrected chi connectivity index (χ2v) is 7.40. The Morgan fingerprint density at radius 1 is 1.18 bits per heavy atom. The first-order valence-corrected chi connectivity index (χ1v) is 7.82. The molecule has 0 saturated heterocycles. The van der Waals surface area contributed by atoms with Gasteiger partial charge in [-0.05, 0) is 48.0 Å². The fraction of sp³-hybridized carbons (Fsp3) is 0.812. The monoisotopic (exact) mass is 310 g/mol. The highest BCUT2D eigenvalue weighted by molar-refractivity contribution is 6.38. The number of hydrogen-bond acceptors (Lipinski definition) is 4. The van der Waals surface area contributed by atoms with Crippen LogP contribution in [0.15, 0.2) is 11.5 Å². The molecule has 1 heterocycles. The SMILES string of the molecule is CC(C)(C)OCCO[B]C1=CCN(C(=O)OC(C)(C)C)CC1. The molecule has 125 valence electrons. The lowest BCUT2D eigenvalue weighted by Crippen LogP contribution is -2.39. The van der Waals surface area contributed by atoms with Gasteiger partial charge in [0.05, 0.1) is 18.8 Å². The Morgan fingerprint density at radius 3 is 2.36 bits per heavy atom. The zero-order valence-electron chi connectivity index (χ0n) is 14.8. The van der Waals surface area contributed by atoms with Crippen LogP contribution in [0.5, 0.6) is 0 Å². The fourth-order valence-corrected chi connectivity index (χ4v) is 1.85. The van der Waals surface area contributed by atoms with Gasteiger partial charge in [-0.15, -0.1) is 0 Å². The largest absolute Gasteiger partial charge is 0.444 e. The van der Waals surface area contributed by atoms with Crippen LogP contribution in [0.2, 0.25) is 0 Å². The van der Waals surface area contributed by atoms with Gasteiger partial charge < -0.3 is 19.0 Å². The van der Waals surface area contributed by atoms with E-state index in [1.54, 1.807) is 12.4 Å². The lowest BCUT2D eigenvalue weighted by Gasteiger charge is -2.29. The number of amides is 1. The van der Waals surface area contributed by atoms with Crippen molar-refractivity contribution in [1.29, 1.82) is 0 Å². The van der Waals surface area contributed by atoms with Crippen LogP contribution in [0.3, 0.4) is 0 Å². The molecule has 6 heteroatoms. The quantitative estimate of drug-likeness (QED) is 0.578. The van der Waals surface area contributed by atoms with E-state index in [-0.39, 0.29) is 11.7 Å². The number of carbonyl (C=O) groups excluding carboxylic acids is 1. The van der Waals surface area contributed by atoms with Crippen molar-refractivity contribution in [3.63, 3.8) is 0 Å². The van der Waals surface area contributed by atoms with Crippen molar-refractivity contribution in [3.8, 4) is 0 Å². The van der Waals surface area contributed by atoms with Gasteiger partial charge in [0.1, 0.15) is 5.60 Å². The Morgan fingerprint density at radius 2 is 1.86 bits per heavy atom. The molecule has 0 aromatic carbocycles. The molecule has 0 saturated carbocycles. The highest BCUT2D eigenvalue weighted by Crippen LogP contribution is 2.15. The summed E-state index contributed by atoms with van der Waals surface area (Å²) >= 11 is 0. The normalized spacial score (nSPS) is 16.3. The molecular formula is C16H29BNO4.